The van der Waals surface area contributed by atoms with Crippen LogP contribution in [0.15, 0.2) is 11.9 Å². The molecule has 0 aromatic rings. The summed E-state index contributed by atoms with van der Waals surface area (Å²) in [6.45, 7) is 5.32. The van der Waals surface area contributed by atoms with Crippen molar-refractivity contribution in [1.82, 2.24) is 0 Å². The second-order valence-corrected chi connectivity index (χ2v) is 4.74. The van der Waals surface area contributed by atoms with E-state index in [1.807, 2.05) is 0 Å². The fraction of sp³-hybridized carbons (Fsp3) is 0.636. The Labute approximate surface area is 98.6 Å². The van der Waals surface area contributed by atoms with Gasteiger partial charge in [-0.3, -0.25) is 4.79 Å². The standard InChI is InChI=1S/C11H14ClFO3/c1-4-16-10(15)7(13)5-6-8(9(12)14)11(6,2)3/h5-6,8H,4H2,1-3H3/b7-5-. The zero-order valence-electron chi connectivity index (χ0n) is 9.42. The number of rotatable bonds is 4. The first kappa shape index (κ1) is 13.2. The number of hydrogen-bond donors (Lipinski definition) is 0. The third kappa shape index (κ3) is 2.43. The normalized spacial score (nSPS) is 27.4. The van der Waals surface area contributed by atoms with Crippen LogP contribution in [0.5, 0.6) is 0 Å². The first-order valence-electron chi connectivity index (χ1n) is 5.06. The lowest BCUT2D eigenvalue weighted by Gasteiger charge is -1.99. The molecule has 1 fully saturated rings. The van der Waals surface area contributed by atoms with Gasteiger partial charge in [-0.1, -0.05) is 13.8 Å². The highest BCUT2D eigenvalue weighted by Gasteiger charge is 2.60. The van der Waals surface area contributed by atoms with Crippen LogP contribution >= 0.6 is 11.6 Å². The third-order valence-corrected chi connectivity index (χ3v) is 3.19. The summed E-state index contributed by atoms with van der Waals surface area (Å²) < 4.78 is 17.8. The monoisotopic (exact) mass is 248 g/mol. The molecule has 0 amide bonds. The number of hydrogen-bond acceptors (Lipinski definition) is 3. The van der Waals surface area contributed by atoms with Gasteiger partial charge in [0.2, 0.25) is 11.1 Å². The minimum absolute atomic E-state index is 0.117. The van der Waals surface area contributed by atoms with E-state index in [9.17, 15) is 14.0 Å². The molecule has 0 aromatic heterocycles. The maximum absolute atomic E-state index is 13.3. The Bertz CT molecular complexity index is 349. The first-order chi connectivity index (χ1) is 7.32. The average Bonchev–Trinajstić information content (AvgIpc) is 2.68. The van der Waals surface area contributed by atoms with E-state index in [-0.39, 0.29) is 17.9 Å². The molecular weight excluding hydrogens is 235 g/mol. The van der Waals surface area contributed by atoms with Crippen molar-refractivity contribution in [3.05, 3.63) is 11.9 Å². The molecule has 2 atom stereocenters. The van der Waals surface area contributed by atoms with Gasteiger partial charge >= 0.3 is 5.97 Å². The molecule has 2 unspecified atom stereocenters. The van der Waals surface area contributed by atoms with Crippen LogP contribution in [-0.2, 0) is 14.3 Å². The predicted octanol–water partition coefficient (Wildman–Crippen LogP) is 2.44. The number of allylic oxidation sites excluding steroid dienone is 1. The second-order valence-electron chi connectivity index (χ2n) is 4.36. The molecule has 0 aliphatic heterocycles. The van der Waals surface area contributed by atoms with Crippen LogP contribution in [0.1, 0.15) is 20.8 Å². The lowest BCUT2D eigenvalue weighted by atomic mass is 10.1. The Morgan fingerprint density at radius 1 is 1.50 bits per heavy atom. The SMILES string of the molecule is CCOC(=O)/C(F)=C/C1C(C(=O)Cl)C1(C)C. The molecule has 3 nitrogen and oxygen atoms in total. The Kier molecular flexibility index (Phi) is 3.73. The van der Waals surface area contributed by atoms with E-state index in [0.717, 1.165) is 6.08 Å². The highest BCUT2D eigenvalue weighted by Crippen LogP contribution is 2.60. The molecule has 90 valence electrons. The van der Waals surface area contributed by atoms with Crippen LogP contribution in [0.3, 0.4) is 0 Å². The molecule has 1 rings (SSSR count). The molecule has 0 saturated heterocycles. The van der Waals surface area contributed by atoms with Crippen molar-refractivity contribution in [1.29, 1.82) is 0 Å². The van der Waals surface area contributed by atoms with Crippen LogP contribution in [0.2, 0.25) is 0 Å². The van der Waals surface area contributed by atoms with Gasteiger partial charge in [-0.15, -0.1) is 0 Å². The van der Waals surface area contributed by atoms with Crippen LogP contribution in [0.25, 0.3) is 0 Å². The van der Waals surface area contributed by atoms with Gasteiger partial charge in [-0.05, 0) is 35.9 Å². The van der Waals surface area contributed by atoms with Crippen molar-refractivity contribution < 1.29 is 18.7 Å². The quantitative estimate of drug-likeness (QED) is 0.436. The number of esters is 1. The summed E-state index contributed by atoms with van der Waals surface area (Å²) in [5, 5.41) is -0.497. The topological polar surface area (TPSA) is 43.4 Å². The van der Waals surface area contributed by atoms with Gasteiger partial charge in [0.25, 0.3) is 0 Å². The number of carbonyl (C=O) groups excluding carboxylic acids is 2. The number of ether oxygens (including phenoxy) is 1. The maximum atomic E-state index is 13.3. The Balaban J connectivity index is 2.72. The van der Waals surface area contributed by atoms with Crippen LogP contribution in [0.4, 0.5) is 4.39 Å². The lowest BCUT2D eigenvalue weighted by molar-refractivity contribution is -0.140. The largest absolute Gasteiger partial charge is 0.461 e. The lowest BCUT2D eigenvalue weighted by Crippen LogP contribution is -2.05. The highest BCUT2D eigenvalue weighted by molar-refractivity contribution is 6.64. The van der Waals surface area contributed by atoms with E-state index in [1.54, 1.807) is 20.8 Å². The molecule has 1 aliphatic carbocycles. The van der Waals surface area contributed by atoms with Gasteiger partial charge in [-0.25, -0.2) is 4.79 Å². The second kappa shape index (κ2) is 4.53. The van der Waals surface area contributed by atoms with E-state index in [1.165, 1.54) is 0 Å². The first-order valence-corrected chi connectivity index (χ1v) is 5.44. The molecular formula is C11H14ClFO3. The van der Waals surface area contributed by atoms with E-state index in [2.05, 4.69) is 4.74 Å². The van der Waals surface area contributed by atoms with Crippen molar-refractivity contribution in [3.63, 3.8) is 0 Å². The number of halogens is 2. The van der Waals surface area contributed by atoms with E-state index < -0.39 is 23.0 Å². The zero-order chi connectivity index (χ0) is 12.5. The van der Waals surface area contributed by atoms with Gasteiger partial charge in [-0.2, -0.15) is 4.39 Å². The van der Waals surface area contributed by atoms with Gasteiger partial charge in [0.05, 0.1) is 6.61 Å². The summed E-state index contributed by atoms with van der Waals surface area (Å²) >= 11 is 5.37. The van der Waals surface area contributed by atoms with Crippen molar-refractivity contribution in [2.75, 3.05) is 6.61 Å². The van der Waals surface area contributed by atoms with Crippen LogP contribution < -0.4 is 0 Å². The molecule has 0 bridgehead atoms. The fourth-order valence-electron chi connectivity index (χ4n) is 1.85. The summed E-state index contributed by atoms with van der Waals surface area (Å²) in [4.78, 5) is 22.0. The Morgan fingerprint density at radius 3 is 2.44 bits per heavy atom. The minimum Gasteiger partial charge on any atom is -0.461 e. The Morgan fingerprint density at radius 2 is 2.06 bits per heavy atom. The van der Waals surface area contributed by atoms with Gasteiger partial charge in [0.15, 0.2) is 0 Å². The smallest absolute Gasteiger partial charge is 0.366 e. The fourth-order valence-corrected chi connectivity index (χ4v) is 2.26. The zero-order valence-corrected chi connectivity index (χ0v) is 10.2. The van der Waals surface area contributed by atoms with Crippen molar-refractivity contribution in [2.45, 2.75) is 20.8 Å². The van der Waals surface area contributed by atoms with E-state index in [0.29, 0.717) is 0 Å². The molecule has 0 aromatic carbocycles. The molecule has 0 radical (unpaired) electrons. The Hall–Kier alpha value is -0.900. The van der Waals surface area contributed by atoms with Crippen molar-refractivity contribution in [3.8, 4) is 0 Å². The van der Waals surface area contributed by atoms with Crippen molar-refractivity contribution in [2.24, 2.45) is 17.3 Å². The summed E-state index contributed by atoms with van der Waals surface area (Å²) in [5.74, 6) is -2.71. The van der Waals surface area contributed by atoms with Gasteiger partial charge < -0.3 is 4.74 Å². The van der Waals surface area contributed by atoms with Crippen LogP contribution in [-0.4, -0.2) is 17.8 Å². The number of carbonyl (C=O) groups is 2. The van der Waals surface area contributed by atoms with E-state index in [4.69, 9.17) is 11.6 Å². The minimum atomic E-state index is -0.994. The average molecular weight is 249 g/mol. The molecule has 16 heavy (non-hydrogen) atoms. The summed E-state index contributed by atoms with van der Waals surface area (Å²) in [6, 6.07) is 0. The molecule has 5 heteroatoms. The highest BCUT2D eigenvalue weighted by atomic mass is 35.5. The van der Waals surface area contributed by atoms with Crippen LogP contribution in [0, 0.1) is 17.3 Å². The molecule has 1 saturated carbocycles. The molecule has 1 aliphatic rings. The maximum Gasteiger partial charge on any atom is 0.366 e. The van der Waals surface area contributed by atoms with Crippen molar-refractivity contribution >= 4 is 22.8 Å². The molecule has 0 spiro atoms. The van der Waals surface area contributed by atoms with E-state index >= 15 is 0 Å². The third-order valence-electron chi connectivity index (χ3n) is 2.95. The molecule has 0 heterocycles. The predicted molar refractivity (Wildman–Crippen MR) is 57.4 cm³/mol. The summed E-state index contributed by atoms with van der Waals surface area (Å²) in [7, 11) is 0. The summed E-state index contributed by atoms with van der Waals surface area (Å²) in [5.41, 5.74) is -0.386. The summed E-state index contributed by atoms with van der Waals surface area (Å²) in [6.07, 6.45) is 1.13. The van der Waals surface area contributed by atoms with Gasteiger partial charge in [0.1, 0.15) is 0 Å². The van der Waals surface area contributed by atoms with Gasteiger partial charge in [0, 0.05) is 5.92 Å². The molecule has 0 N–H and O–H groups in total.